The van der Waals surface area contributed by atoms with Gasteiger partial charge in [0.05, 0.1) is 21.8 Å². The minimum absolute atomic E-state index is 0.0167. The maximum Gasteiger partial charge on any atom is 0.249 e. The van der Waals surface area contributed by atoms with E-state index in [9.17, 15) is 0 Å². The fourth-order valence-electron chi connectivity index (χ4n) is 11.6. The molecule has 61 heavy (non-hydrogen) atoms. The number of benzene rings is 9. The highest BCUT2D eigenvalue weighted by Gasteiger charge is 2.49. The molecule has 3 nitrogen and oxygen atoms in total. The lowest BCUT2D eigenvalue weighted by Crippen LogP contribution is -2.65. The van der Waals surface area contributed by atoms with E-state index in [4.69, 9.17) is 8.83 Å². The van der Waals surface area contributed by atoms with Gasteiger partial charge in [-0.25, -0.2) is 0 Å². The summed E-state index contributed by atoms with van der Waals surface area (Å²) in [5, 5.41) is 6.89. The van der Waals surface area contributed by atoms with E-state index in [0.29, 0.717) is 0 Å². The molecule has 0 radical (unpaired) electrons. The third kappa shape index (κ3) is 3.90. The zero-order chi connectivity index (χ0) is 39.2. The molecule has 0 unspecified atom stereocenters. The van der Waals surface area contributed by atoms with E-state index in [-0.39, 0.29) is 13.4 Å². The standard InChI is InChI=1S/C54H27B2NO2S2/c1-3-11-28(12-4-1)30-19-21-42-36(23-30)55-38-25-34-32-15-7-9-17-40(32)58-53(34)46-47-51-39(26-35-33-16-8-10-18-41(33)59-54(35)47)56-37-24-31(29-13-5-2-6-14-29)20-22-43(37)61-45-27-44(60-42)48(55)52(49(45)56)57(51)50(38)46/h1-27H. The van der Waals surface area contributed by atoms with Crippen molar-refractivity contribution >= 4 is 135 Å². The molecule has 0 bridgehead atoms. The minimum Gasteiger partial charge on any atom is -0.455 e. The normalized spacial score (nSPS) is 14.0. The first-order chi connectivity index (χ1) is 30.2. The molecule has 16 rings (SSSR count). The molecule has 0 saturated heterocycles. The molecular weight excluding hydrogens is 780 g/mol. The number of para-hydroxylation sites is 2. The van der Waals surface area contributed by atoms with Crippen LogP contribution in [0.15, 0.2) is 192 Å². The number of hydrogen-bond donors (Lipinski definition) is 0. The van der Waals surface area contributed by atoms with Crippen LogP contribution < -0.4 is 32.8 Å². The zero-order valence-corrected chi connectivity index (χ0v) is 34.0. The van der Waals surface area contributed by atoms with Crippen molar-refractivity contribution < 1.29 is 8.83 Å². The van der Waals surface area contributed by atoms with Crippen LogP contribution in [0.4, 0.5) is 0 Å². The first-order valence-electron chi connectivity index (χ1n) is 21.0. The summed E-state index contributed by atoms with van der Waals surface area (Å²) in [6.45, 7) is 0.0333. The van der Waals surface area contributed by atoms with E-state index >= 15 is 0 Å². The third-order valence-electron chi connectivity index (χ3n) is 14.1. The Kier molecular flexibility index (Phi) is 5.84. The number of hydrogen-bond acceptors (Lipinski definition) is 4. The number of aromatic nitrogens is 1. The van der Waals surface area contributed by atoms with Gasteiger partial charge in [0, 0.05) is 46.8 Å². The highest BCUT2D eigenvalue weighted by Crippen LogP contribution is 2.49. The van der Waals surface area contributed by atoms with Gasteiger partial charge in [0.2, 0.25) is 13.4 Å². The van der Waals surface area contributed by atoms with Crippen LogP contribution >= 0.6 is 23.5 Å². The summed E-state index contributed by atoms with van der Waals surface area (Å²) in [5.41, 5.74) is 20.7. The summed E-state index contributed by atoms with van der Waals surface area (Å²) in [6.07, 6.45) is 0. The summed E-state index contributed by atoms with van der Waals surface area (Å²) in [4.78, 5) is 5.34. The molecule has 12 aromatic rings. The highest BCUT2D eigenvalue weighted by atomic mass is 32.2. The molecule has 0 N–H and O–H groups in total. The van der Waals surface area contributed by atoms with Gasteiger partial charge in [0.1, 0.15) is 22.3 Å². The summed E-state index contributed by atoms with van der Waals surface area (Å²) in [5.74, 6) is 0. The van der Waals surface area contributed by atoms with Crippen molar-refractivity contribution in [1.82, 2.24) is 4.57 Å². The van der Waals surface area contributed by atoms with Crippen molar-refractivity contribution in [1.29, 1.82) is 0 Å². The first-order valence-corrected chi connectivity index (χ1v) is 22.6. The van der Waals surface area contributed by atoms with Crippen LogP contribution in [0.25, 0.3) is 93.6 Å². The van der Waals surface area contributed by atoms with Crippen molar-refractivity contribution in [3.63, 3.8) is 0 Å². The van der Waals surface area contributed by atoms with Gasteiger partial charge < -0.3 is 13.4 Å². The Bertz CT molecular complexity index is 3760. The van der Waals surface area contributed by atoms with Crippen LogP contribution in [0.2, 0.25) is 0 Å². The maximum atomic E-state index is 7.08. The first kappa shape index (κ1) is 32.0. The average molecular weight is 808 g/mol. The Morgan fingerprint density at radius 2 is 0.836 bits per heavy atom. The summed E-state index contributed by atoms with van der Waals surface area (Å²) in [7, 11) is 0. The van der Waals surface area contributed by atoms with E-state index in [1.807, 2.05) is 23.5 Å². The van der Waals surface area contributed by atoms with Crippen molar-refractivity contribution in [3.8, 4) is 27.9 Å². The second kappa shape index (κ2) is 11.1. The largest absolute Gasteiger partial charge is 0.455 e. The Labute approximate surface area is 358 Å². The summed E-state index contributed by atoms with van der Waals surface area (Å²) >= 11 is 3.88. The Morgan fingerprint density at radius 1 is 0.377 bits per heavy atom. The van der Waals surface area contributed by atoms with Crippen LogP contribution in [0, 0.1) is 0 Å². The lowest BCUT2D eigenvalue weighted by Gasteiger charge is -2.40. The smallest absolute Gasteiger partial charge is 0.249 e. The quantitative estimate of drug-likeness (QED) is 0.163. The lowest BCUT2D eigenvalue weighted by atomic mass is 9.31. The van der Waals surface area contributed by atoms with E-state index in [1.54, 1.807) is 0 Å². The molecule has 7 heteroatoms. The zero-order valence-electron chi connectivity index (χ0n) is 32.3. The molecule has 4 aliphatic rings. The minimum atomic E-state index is 0.0167. The molecule has 0 atom stereocenters. The predicted molar refractivity (Wildman–Crippen MR) is 257 cm³/mol. The van der Waals surface area contributed by atoms with Gasteiger partial charge in [0.15, 0.2) is 0 Å². The molecule has 0 amide bonds. The maximum absolute atomic E-state index is 7.08. The summed E-state index contributed by atoms with van der Waals surface area (Å²) in [6, 6.07) is 60.7. The Balaban J connectivity index is 1.14. The molecule has 0 spiro atoms. The van der Waals surface area contributed by atoms with E-state index in [0.717, 1.165) is 54.6 Å². The molecule has 0 aliphatic carbocycles. The fraction of sp³-hybridized carbons (Fsp3) is 0. The molecule has 4 aliphatic heterocycles. The molecule has 0 saturated carbocycles. The van der Waals surface area contributed by atoms with E-state index < -0.39 is 0 Å². The number of fused-ring (bicyclic) bond motifs is 15. The number of rotatable bonds is 2. The second-order valence-electron chi connectivity index (χ2n) is 17.0. The van der Waals surface area contributed by atoms with Crippen LogP contribution in [-0.4, -0.2) is 18.0 Å². The molecule has 9 aromatic carbocycles. The van der Waals surface area contributed by atoms with Gasteiger partial charge in [-0.1, -0.05) is 168 Å². The number of furan rings is 2. The highest BCUT2D eigenvalue weighted by molar-refractivity contribution is 8.01. The SMILES string of the molecule is c1ccc(-c2ccc3c(c2)B2c4c(cc5c6c4-n4c7c2cc2c8ccccc8oc2c7c2c7oc8ccccc8c7cc(c24)B6c2cc(-c4ccccc4)ccc2S5)S3)cc1. The molecule has 7 heterocycles. The van der Waals surface area contributed by atoms with Gasteiger partial charge in [-0.3, -0.25) is 0 Å². The molecule has 278 valence electrons. The van der Waals surface area contributed by atoms with E-state index in [2.05, 4.69) is 168 Å². The lowest BCUT2D eigenvalue weighted by molar-refractivity contribution is 0.670. The van der Waals surface area contributed by atoms with Gasteiger partial charge in [-0.15, -0.1) is 0 Å². The van der Waals surface area contributed by atoms with Gasteiger partial charge in [-0.2, -0.15) is 0 Å². The van der Waals surface area contributed by atoms with Gasteiger partial charge >= 0.3 is 0 Å². The fourth-order valence-corrected chi connectivity index (χ4v) is 14.0. The van der Waals surface area contributed by atoms with Crippen molar-refractivity contribution in [2.75, 3.05) is 0 Å². The molecular formula is C54H27B2NO2S2. The Morgan fingerprint density at radius 3 is 1.33 bits per heavy atom. The third-order valence-corrected chi connectivity index (χ3v) is 16.4. The van der Waals surface area contributed by atoms with Crippen molar-refractivity contribution in [2.24, 2.45) is 0 Å². The summed E-state index contributed by atoms with van der Waals surface area (Å²) < 4.78 is 16.8. The molecule has 3 aromatic heterocycles. The Hall–Kier alpha value is -6.79. The van der Waals surface area contributed by atoms with Gasteiger partial charge in [-0.05, 0) is 74.4 Å². The molecule has 0 fully saturated rings. The van der Waals surface area contributed by atoms with Crippen LogP contribution in [-0.2, 0) is 0 Å². The second-order valence-corrected chi connectivity index (χ2v) is 19.2. The average Bonchev–Trinajstić information content (AvgIpc) is 4.00. The predicted octanol–water partition coefficient (Wildman–Crippen LogP) is 10.5. The van der Waals surface area contributed by atoms with Crippen LogP contribution in [0.5, 0.6) is 0 Å². The monoisotopic (exact) mass is 807 g/mol. The topological polar surface area (TPSA) is 31.2 Å². The van der Waals surface area contributed by atoms with E-state index in [1.165, 1.54) is 91.3 Å². The van der Waals surface area contributed by atoms with Crippen molar-refractivity contribution in [3.05, 3.63) is 164 Å². The van der Waals surface area contributed by atoms with Crippen LogP contribution in [0.3, 0.4) is 0 Å². The van der Waals surface area contributed by atoms with Gasteiger partial charge in [0.25, 0.3) is 0 Å². The van der Waals surface area contributed by atoms with Crippen LogP contribution in [0.1, 0.15) is 0 Å². The van der Waals surface area contributed by atoms with Crippen molar-refractivity contribution in [2.45, 2.75) is 19.6 Å². The number of nitrogens with zero attached hydrogens (tertiary/aromatic N) is 1.